The molecule has 2 aromatic carbocycles. The van der Waals surface area contributed by atoms with Gasteiger partial charge in [-0.15, -0.1) is 0 Å². The summed E-state index contributed by atoms with van der Waals surface area (Å²) in [6, 6.07) is 15.2. The molecule has 0 bridgehead atoms. The molecule has 1 N–H and O–H groups in total. The van der Waals surface area contributed by atoms with Crippen LogP contribution >= 0.6 is 0 Å². The number of amides is 3. The summed E-state index contributed by atoms with van der Waals surface area (Å²) >= 11 is 0. The maximum atomic E-state index is 13.4. The molecule has 1 heterocycles. The number of aryl methyl sites for hydroxylation is 1. The summed E-state index contributed by atoms with van der Waals surface area (Å²) in [4.78, 5) is 27.3. The molecule has 1 unspecified atom stereocenters. The summed E-state index contributed by atoms with van der Waals surface area (Å²) < 4.78 is 10.4. The predicted molar refractivity (Wildman–Crippen MR) is 127 cm³/mol. The Morgan fingerprint density at radius 2 is 1.82 bits per heavy atom. The number of ether oxygens (including phenoxy) is 2. The van der Waals surface area contributed by atoms with Gasteiger partial charge in [-0.05, 0) is 49.2 Å². The van der Waals surface area contributed by atoms with E-state index in [2.05, 4.69) is 5.32 Å². The van der Waals surface area contributed by atoms with Crippen LogP contribution in [0.3, 0.4) is 0 Å². The van der Waals surface area contributed by atoms with Gasteiger partial charge in [0, 0.05) is 26.6 Å². The minimum Gasteiger partial charge on any atom is -0.497 e. The van der Waals surface area contributed by atoms with E-state index in [-0.39, 0.29) is 24.5 Å². The second-order valence-electron chi connectivity index (χ2n) is 7.89. The monoisotopic (exact) mass is 452 g/mol. The van der Waals surface area contributed by atoms with Crippen molar-refractivity contribution in [1.82, 2.24) is 15.2 Å². The standard InChI is InChI=1S/C25H32N4O4/c1-5-26-25(31)28(14-15-32-3)17-24(30)29-23(20-8-6-18(2)7-9-20)16-22(27-29)19-10-12-21(33-4)13-11-19/h6-13,23H,5,14-17H2,1-4H3,(H,26,31). The van der Waals surface area contributed by atoms with Crippen LogP contribution in [0.4, 0.5) is 4.79 Å². The smallest absolute Gasteiger partial charge is 0.317 e. The van der Waals surface area contributed by atoms with Crippen molar-refractivity contribution in [3.05, 3.63) is 65.2 Å². The van der Waals surface area contributed by atoms with Crippen LogP contribution < -0.4 is 10.1 Å². The highest BCUT2D eigenvalue weighted by molar-refractivity contribution is 6.03. The number of nitrogens with one attached hydrogen (secondary N) is 1. The summed E-state index contributed by atoms with van der Waals surface area (Å²) in [5.74, 6) is 0.516. The highest BCUT2D eigenvalue weighted by atomic mass is 16.5. The Morgan fingerprint density at radius 3 is 2.42 bits per heavy atom. The number of hydrogen-bond acceptors (Lipinski definition) is 5. The summed E-state index contributed by atoms with van der Waals surface area (Å²) in [6.45, 7) is 4.91. The van der Waals surface area contributed by atoms with Gasteiger partial charge in [-0.3, -0.25) is 4.79 Å². The molecule has 0 saturated carbocycles. The van der Waals surface area contributed by atoms with E-state index in [0.29, 0.717) is 26.1 Å². The first kappa shape index (κ1) is 24.3. The quantitative estimate of drug-likeness (QED) is 0.632. The van der Waals surface area contributed by atoms with Crippen LogP contribution in [-0.2, 0) is 9.53 Å². The fraction of sp³-hybridized carbons (Fsp3) is 0.400. The van der Waals surface area contributed by atoms with Gasteiger partial charge in [0.05, 0.1) is 25.5 Å². The molecule has 8 heteroatoms. The fourth-order valence-corrected chi connectivity index (χ4v) is 3.70. The molecule has 2 aromatic rings. The lowest BCUT2D eigenvalue weighted by molar-refractivity contribution is -0.133. The van der Waals surface area contributed by atoms with Crippen LogP contribution in [0.15, 0.2) is 53.6 Å². The van der Waals surface area contributed by atoms with Crippen molar-refractivity contribution in [2.45, 2.75) is 26.3 Å². The third kappa shape index (κ3) is 6.10. The lowest BCUT2D eigenvalue weighted by Crippen LogP contribution is -2.47. The number of benzene rings is 2. The van der Waals surface area contributed by atoms with Gasteiger partial charge >= 0.3 is 6.03 Å². The Kier molecular flexibility index (Phi) is 8.43. The SMILES string of the molecule is CCNC(=O)N(CCOC)CC(=O)N1N=C(c2ccc(OC)cc2)CC1c1ccc(C)cc1. The second kappa shape index (κ2) is 11.5. The molecule has 8 nitrogen and oxygen atoms in total. The molecule has 1 atom stereocenters. The zero-order valence-electron chi connectivity index (χ0n) is 19.7. The highest BCUT2D eigenvalue weighted by Crippen LogP contribution is 2.33. The summed E-state index contributed by atoms with van der Waals surface area (Å²) in [5, 5.41) is 8.98. The fourth-order valence-electron chi connectivity index (χ4n) is 3.70. The van der Waals surface area contributed by atoms with Crippen LogP contribution in [0.2, 0.25) is 0 Å². The van der Waals surface area contributed by atoms with Gasteiger partial charge in [-0.2, -0.15) is 5.10 Å². The first-order valence-electron chi connectivity index (χ1n) is 11.1. The third-order valence-corrected chi connectivity index (χ3v) is 5.56. The number of carbonyl (C=O) groups excluding carboxylic acids is 2. The zero-order chi connectivity index (χ0) is 23.8. The topological polar surface area (TPSA) is 83.5 Å². The summed E-state index contributed by atoms with van der Waals surface area (Å²) in [5.41, 5.74) is 3.90. The van der Waals surface area contributed by atoms with Gasteiger partial charge in [0.25, 0.3) is 5.91 Å². The van der Waals surface area contributed by atoms with Crippen molar-refractivity contribution in [2.24, 2.45) is 5.10 Å². The maximum absolute atomic E-state index is 13.4. The average Bonchev–Trinajstić information content (AvgIpc) is 3.28. The van der Waals surface area contributed by atoms with Crippen LogP contribution in [0.5, 0.6) is 5.75 Å². The van der Waals surface area contributed by atoms with Crippen molar-refractivity contribution in [2.75, 3.05) is 40.5 Å². The van der Waals surface area contributed by atoms with E-state index in [4.69, 9.17) is 14.6 Å². The van der Waals surface area contributed by atoms with Crippen LogP contribution in [0, 0.1) is 6.92 Å². The van der Waals surface area contributed by atoms with Gasteiger partial charge in [0.15, 0.2) is 0 Å². The Bertz CT molecular complexity index is 973. The van der Waals surface area contributed by atoms with Crippen molar-refractivity contribution < 1.29 is 19.1 Å². The lowest BCUT2D eigenvalue weighted by atomic mass is 9.97. The number of methoxy groups -OCH3 is 2. The van der Waals surface area contributed by atoms with Gasteiger partial charge in [-0.25, -0.2) is 9.80 Å². The second-order valence-corrected chi connectivity index (χ2v) is 7.89. The molecule has 176 valence electrons. The lowest BCUT2D eigenvalue weighted by Gasteiger charge is -2.27. The highest BCUT2D eigenvalue weighted by Gasteiger charge is 2.34. The molecule has 3 amide bonds. The zero-order valence-corrected chi connectivity index (χ0v) is 19.7. The first-order valence-corrected chi connectivity index (χ1v) is 11.1. The Morgan fingerprint density at radius 1 is 1.12 bits per heavy atom. The van der Waals surface area contributed by atoms with Crippen molar-refractivity contribution >= 4 is 17.6 Å². The summed E-state index contributed by atoms with van der Waals surface area (Å²) in [6.07, 6.45) is 0.584. The maximum Gasteiger partial charge on any atom is 0.317 e. The van der Waals surface area contributed by atoms with Crippen LogP contribution in [-0.4, -0.2) is 68.0 Å². The van der Waals surface area contributed by atoms with Crippen molar-refractivity contribution in [3.8, 4) is 5.75 Å². The first-order chi connectivity index (χ1) is 16.0. The number of hydrazone groups is 1. The van der Waals surface area contributed by atoms with Gasteiger partial charge in [-0.1, -0.05) is 29.8 Å². The molecule has 1 aliphatic rings. The number of rotatable bonds is 9. The van der Waals surface area contributed by atoms with Crippen LogP contribution in [0.1, 0.15) is 36.1 Å². The minimum absolute atomic E-state index is 0.0864. The molecule has 0 spiro atoms. The van der Waals surface area contributed by atoms with Crippen molar-refractivity contribution in [1.29, 1.82) is 0 Å². The van der Waals surface area contributed by atoms with E-state index in [0.717, 1.165) is 28.2 Å². The average molecular weight is 453 g/mol. The molecule has 0 aliphatic carbocycles. The molecule has 0 fully saturated rings. The minimum atomic E-state index is -0.298. The molecule has 0 saturated heterocycles. The Balaban J connectivity index is 1.88. The number of carbonyl (C=O) groups is 2. The third-order valence-electron chi connectivity index (χ3n) is 5.56. The van der Waals surface area contributed by atoms with Crippen LogP contribution in [0.25, 0.3) is 0 Å². The molecule has 0 radical (unpaired) electrons. The molecule has 3 rings (SSSR count). The largest absolute Gasteiger partial charge is 0.497 e. The predicted octanol–water partition coefficient (Wildman–Crippen LogP) is 3.36. The van der Waals surface area contributed by atoms with E-state index in [1.54, 1.807) is 14.2 Å². The summed E-state index contributed by atoms with van der Waals surface area (Å²) in [7, 11) is 3.19. The number of nitrogens with zero attached hydrogens (tertiary/aromatic N) is 3. The number of urea groups is 1. The van der Waals surface area contributed by atoms with E-state index < -0.39 is 0 Å². The normalized spacial score (nSPS) is 15.2. The molecule has 0 aromatic heterocycles. The van der Waals surface area contributed by atoms with Gasteiger partial charge < -0.3 is 19.7 Å². The van der Waals surface area contributed by atoms with Gasteiger partial charge in [0.2, 0.25) is 0 Å². The molecule has 33 heavy (non-hydrogen) atoms. The van der Waals surface area contributed by atoms with E-state index in [1.165, 1.54) is 9.91 Å². The molecule has 1 aliphatic heterocycles. The van der Waals surface area contributed by atoms with E-state index in [1.807, 2.05) is 62.4 Å². The van der Waals surface area contributed by atoms with Gasteiger partial charge in [0.1, 0.15) is 12.3 Å². The number of hydrogen-bond donors (Lipinski definition) is 1. The Labute approximate surface area is 195 Å². The Hall–Kier alpha value is -3.39. The van der Waals surface area contributed by atoms with Crippen molar-refractivity contribution in [3.63, 3.8) is 0 Å². The van der Waals surface area contributed by atoms with E-state index >= 15 is 0 Å². The van der Waals surface area contributed by atoms with E-state index in [9.17, 15) is 9.59 Å². The molecular weight excluding hydrogens is 420 g/mol. The molecular formula is C25H32N4O4.